The third kappa shape index (κ3) is 23.8. The number of rotatable bonds is 16. The SMILES string of the molecule is CC.CCOC(=O)COCCCCCCCCCCCCCN. The number of carbonyl (C=O) groups excluding carboxylic acids is 1. The molecule has 0 atom stereocenters. The van der Waals surface area contributed by atoms with Crippen LogP contribution >= 0.6 is 0 Å². The topological polar surface area (TPSA) is 61.5 Å². The van der Waals surface area contributed by atoms with E-state index >= 15 is 0 Å². The molecule has 0 bridgehead atoms. The zero-order valence-electron chi connectivity index (χ0n) is 15.9. The smallest absolute Gasteiger partial charge is 0.332 e. The third-order valence-electron chi connectivity index (χ3n) is 3.52. The first-order valence-corrected chi connectivity index (χ1v) is 9.74. The highest BCUT2D eigenvalue weighted by atomic mass is 16.6. The molecule has 0 spiro atoms. The molecule has 0 fully saturated rings. The van der Waals surface area contributed by atoms with E-state index in [0.717, 1.165) is 13.0 Å². The normalized spacial score (nSPS) is 10.1. The lowest BCUT2D eigenvalue weighted by molar-refractivity contribution is -0.148. The maximum atomic E-state index is 11.0. The van der Waals surface area contributed by atoms with Gasteiger partial charge in [0.05, 0.1) is 6.61 Å². The van der Waals surface area contributed by atoms with Crippen LogP contribution in [0.4, 0.5) is 0 Å². The lowest BCUT2D eigenvalue weighted by Gasteiger charge is -2.04. The number of carbonyl (C=O) groups is 1. The van der Waals surface area contributed by atoms with Crippen molar-refractivity contribution in [2.45, 2.75) is 91.4 Å². The molecule has 0 rings (SSSR count). The molecule has 0 saturated heterocycles. The molecule has 23 heavy (non-hydrogen) atoms. The minimum atomic E-state index is -0.260. The summed E-state index contributed by atoms with van der Waals surface area (Å²) in [6.45, 7) is 7.83. The van der Waals surface area contributed by atoms with Gasteiger partial charge in [-0.1, -0.05) is 71.6 Å². The highest BCUT2D eigenvalue weighted by Crippen LogP contribution is 2.11. The van der Waals surface area contributed by atoms with Crippen molar-refractivity contribution in [1.29, 1.82) is 0 Å². The molecule has 0 aliphatic carbocycles. The Bertz CT molecular complexity index is 223. The summed E-state index contributed by atoms with van der Waals surface area (Å²) in [4.78, 5) is 11.0. The van der Waals surface area contributed by atoms with Crippen LogP contribution in [-0.2, 0) is 14.3 Å². The van der Waals surface area contributed by atoms with Crippen LogP contribution in [0.25, 0.3) is 0 Å². The second kappa shape index (κ2) is 23.7. The highest BCUT2D eigenvalue weighted by molar-refractivity contribution is 5.70. The number of nitrogens with two attached hydrogens (primary N) is 1. The Labute approximate surface area is 144 Å². The fraction of sp³-hybridized carbons (Fsp3) is 0.947. The van der Waals surface area contributed by atoms with E-state index in [1.807, 2.05) is 13.8 Å². The van der Waals surface area contributed by atoms with Crippen LogP contribution in [0.3, 0.4) is 0 Å². The Morgan fingerprint density at radius 1 is 0.783 bits per heavy atom. The molecule has 0 radical (unpaired) electrons. The van der Waals surface area contributed by atoms with Crippen molar-refractivity contribution >= 4 is 5.97 Å². The first-order chi connectivity index (χ1) is 11.3. The van der Waals surface area contributed by atoms with Crippen molar-refractivity contribution in [2.24, 2.45) is 5.73 Å². The first-order valence-electron chi connectivity index (χ1n) is 9.74. The molecular formula is C19H41NO3. The summed E-state index contributed by atoms with van der Waals surface area (Å²) < 4.78 is 10.0. The predicted molar refractivity (Wildman–Crippen MR) is 98.6 cm³/mol. The third-order valence-corrected chi connectivity index (χ3v) is 3.52. The van der Waals surface area contributed by atoms with E-state index in [2.05, 4.69) is 0 Å². The van der Waals surface area contributed by atoms with Crippen LogP contribution in [-0.4, -0.2) is 32.3 Å². The lowest BCUT2D eigenvalue weighted by atomic mass is 10.1. The zero-order valence-corrected chi connectivity index (χ0v) is 15.9. The van der Waals surface area contributed by atoms with Crippen LogP contribution in [0, 0.1) is 0 Å². The minimum Gasteiger partial charge on any atom is -0.464 e. The number of hydrogen-bond acceptors (Lipinski definition) is 4. The van der Waals surface area contributed by atoms with Gasteiger partial charge in [-0.15, -0.1) is 0 Å². The van der Waals surface area contributed by atoms with E-state index in [1.54, 1.807) is 6.92 Å². The van der Waals surface area contributed by atoms with E-state index in [-0.39, 0.29) is 12.6 Å². The van der Waals surface area contributed by atoms with Gasteiger partial charge in [-0.3, -0.25) is 0 Å². The molecule has 0 heterocycles. The zero-order chi connectivity index (χ0) is 17.6. The van der Waals surface area contributed by atoms with Crippen LogP contribution in [0.15, 0.2) is 0 Å². The molecule has 0 saturated carbocycles. The van der Waals surface area contributed by atoms with Gasteiger partial charge in [0.25, 0.3) is 0 Å². The average molecular weight is 332 g/mol. The standard InChI is InChI=1S/C17H35NO3.C2H6/c1-2-21-17(19)16-20-15-13-11-9-7-5-3-4-6-8-10-12-14-18;1-2/h2-16,18H2,1H3;1-2H3. The molecule has 0 aromatic carbocycles. The summed E-state index contributed by atoms with van der Waals surface area (Å²) in [5, 5.41) is 0. The number of ether oxygens (including phenoxy) is 2. The Balaban J connectivity index is 0. The lowest BCUT2D eigenvalue weighted by Crippen LogP contribution is -2.12. The Hall–Kier alpha value is -0.610. The van der Waals surface area contributed by atoms with E-state index in [4.69, 9.17) is 15.2 Å². The summed E-state index contributed by atoms with van der Waals surface area (Å²) >= 11 is 0. The fourth-order valence-corrected chi connectivity index (χ4v) is 2.30. The molecule has 0 aromatic heterocycles. The van der Waals surface area contributed by atoms with Gasteiger partial charge in [0.15, 0.2) is 0 Å². The van der Waals surface area contributed by atoms with Gasteiger partial charge in [0, 0.05) is 6.61 Å². The van der Waals surface area contributed by atoms with Crippen molar-refractivity contribution in [3.05, 3.63) is 0 Å². The summed E-state index contributed by atoms with van der Waals surface area (Å²) in [7, 11) is 0. The van der Waals surface area contributed by atoms with Crippen molar-refractivity contribution < 1.29 is 14.3 Å². The maximum absolute atomic E-state index is 11.0. The molecule has 0 aliphatic rings. The summed E-state index contributed by atoms with van der Waals surface area (Å²) in [5.74, 6) is -0.260. The van der Waals surface area contributed by atoms with Crippen LogP contribution in [0.5, 0.6) is 0 Å². The van der Waals surface area contributed by atoms with Crippen LogP contribution in [0.2, 0.25) is 0 Å². The van der Waals surface area contributed by atoms with Gasteiger partial charge < -0.3 is 15.2 Å². The Morgan fingerprint density at radius 2 is 1.22 bits per heavy atom. The highest BCUT2D eigenvalue weighted by Gasteiger charge is 2.00. The molecule has 0 aliphatic heterocycles. The fourth-order valence-electron chi connectivity index (χ4n) is 2.30. The van der Waals surface area contributed by atoms with Crippen molar-refractivity contribution in [3.63, 3.8) is 0 Å². The van der Waals surface area contributed by atoms with Gasteiger partial charge in [0.2, 0.25) is 0 Å². The summed E-state index contributed by atoms with van der Waals surface area (Å²) in [5.41, 5.74) is 5.46. The van der Waals surface area contributed by atoms with Gasteiger partial charge in [-0.2, -0.15) is 0 Å². The van der Waals surface area contributed by atoms with E-state index in [1.165, 1.54) is 64.2 Å². The number of hydrogen-bond donors (Lipinski definition) is 1. The van der Waals surface area contributed by atoms with E-state index in [9.17, 15) is 4.79 Å². The van der Waals surface area contributed by atoms with Gasteiger partial charge >= 0.3 is 5.97 Å². The van der Waals surface area contributed by atoms with Gasteiger partial charge in [0.1, 0.15) is 6.61 Å². The van der Waals surface area contributed by atoms with E-state index < -0.39 is 0 Å². The first kappa shape index (κ1) is 24.6. The van der Waals surface area contributed by atoms with Crippen molar-refractivity contribution in [1.82, 2.24) is 0 Å². The largest absolute Gasteiger partial charge is 0.464 e. The Morgan fingerprint density at radius 3 is 1.65 bits per heavy atom. The molecule has 2 N–H and O–H groups in total. The molecular weight excluding hydrogens is 290 g/mol. The van der Waals surface area contributed by atoms with Crippen molar-refractivity contribution in [3.8, 4) is 0 Å². The molecule has 0 aromatic rings. The second-order valence-electron chi connectivity index (χ2n) is 5.54. The van der Waals surface area contributed by atoms with Crippen LogP contribution < -0.4 is 5.73 Å². The molecule has 4 heteroatoms. The summed E-state index contributed by atoms with van der Waals surface area (Å²) in [6.07, 6.45) is 14.1. The summed E-state index contributed by atoms with van der Waals surface area (Å²) in [6, 6.07) is 0. The van der Waals surface area contributed by atoms with Gasteiger partial charge in [-0.25, -0.2) is 4.79 Å². The quantitative estimate of drug-likeness (QED) is 0.325. The monoisotopic (exact) mass is 331 g/mol. The van der Waals surface area contributed by atoms with E-state index in [0.29, 0.717) is 13.2 Å². The predicted octanol–water partition coefficient (Wildman–Crippen LogP) is 4.84. The second-order valence-corrected chi connectivity index (χ2v) is 5.54. The molecule has 4 nitrogen and oxygen atoms in total. The number of unbranched alkanes of at least 4 members (excludes halogenated alkanes) is 10. The van der Waals surface area contributed by atoms with Crippen LogP contribution in [0.1, 0.15) is 91.4 Å². The molecule has 140 valence electrons. The Kier molecular flexibility index (Phi) is 25.3. The minimum absolute atomic E-state index is 0.0952. The molecule has 0 unspecified atom stereocenters. The number of esters is 1. The van der Waals surface area contributed by atoms with Gasteiger partial charge in [-0.05, 0) is 26.3 Å². The maximum Gasteiger partial charge on any atom is 0.332 e. The average Bonchev–Trinajstić information content (AvgIpc) is 2.57. The van der Waals surface area contributed by atoms with Crippen molar-refractivity contribution in [2.75, 3.05) is 26.4 Å². The molecule has 0 amide bonds.